The van der Waals surface area contributed by atoms with E-state index in [1.807, 2.05) is 84.9 Å². The van der Waals surface area contributed by atoms with Gasteiger partial charge < -0.3 is 0 Å². The van der Waals surface area contributed by atoms with Crippen LogP contribution >= 0.6 is 0 Å². The van der Waals surface area contributed by atoms with Gasteiger partial charge in [0.05, 0.1) is 10.5 Å². The molecule has 0 atom stereocenters. The lowest BCUT2D eigenvalue weighted by atomic mass is 9.94. The highest BCUT2D eigenvalue weighted by Gasteiger charge is 2.11. The maximum atomic E-state index is 11.2. The van der Waals surface area contributed by atoms with E-state index in [1.54, 1.807) is 0 Å². The first-order valence-corrected chi connectivity index (χ1v) is 8.04. The predicted molar refractivity (Wildman–Crippen MR) is 102 cm³/mol. The van der Waals surface area contributed by atoms with E-state index in [2.05, 4.69) is 0 Å². The van der Waals surface area contributed by atoms with Crippen molar-refractivity contribution in [2.75, 3.05) is 0 Å². The summed E-state index contributed by atoms with van der Waals surface area (Å²) in [4.78, 5) is 10.8. The molecule has 4 aromatic rings. The molecule has 0 spiro atoms. The van der Waals surface area contributed by atoms with E-state index < -0.39 is 0 Å². The lowest BCUT2D eigenvalue weighted by Gasteiger charge is -2.09. The molecule has 0 fully saturated rings. The van der Waals surface area contributed by atoms with Gasteiger partial charge in [-0.15, -0.1) is 0 Å². The monoisotopic (exact) mass is 325 g/mol. The zero-order chi connectivity index (χ0) is 17.2. The molecular weight excluding hydrogens is 310 g/mol. The Morgan fingerprint density at radius 3 is 1.56 bits per heavy atom. The molecule has 120 valence electrons. The molecule has 4 rings (SSSR count). The van der Waals surface area contributed by atoms with Crippen LogP contribution in [0.15, 0.2) is 91.1 Å². The summed E-state index contributed by atoms with van der Waals surface area (Å²) in [7, 11) is 0. The van der Waals surface area contributed by atoms with E-state index in [0.29, 0.717) is 5.57 Å². The van der Waals surface area contributed by atoms with Gasteiger partial charge in [-0.3, -0.25) is 10.1 Å². The smallest absolute Gasteiger partial charge is 0.242 e. The second-order valence-electron chi connectivity index (χ2n) is 5.95. The highest BCUT2D eigenvalue weighted by Crippen LogP contribution is 2.29. The molecule has 0 aliphatic rings. The van der Waals surface area contributed by atoms with Gasteiger partial charge in [-0.2, -0.15) is 0 Å². The lowest BCUT2D eigenvalue weighted by Crippen LogP contribution is -1.94. The second-order valence-corrected chi connectivity index (χ2v) is 5.95. The van der Waals surface area contributed by atoms with E-state index in [1.165, 1.54) is 0 Å². The Kier molecular flexibility index (Phi) is 3.75. The molecule has 0 aliphatic heterocycles. The van der Waals surface area contributed by atoms with Crippen molar-refractivity contribution in [2.45, 2.75) is 0 Å². The molecule has 0 amide bonds. The average Bonchev–Trinajstić information content (AvgIpc) is 2.65. The Morgan fingerprint density at radius 2 is 1.12 bits per heavy atom. The number of nitrogens with zero attached hydrogens (tertiary/aromatic N) is 1. The summed E-state index contributed by atoms with van der Waals surface area (Å²) in [6.07, 6.45) is 1.09. The quantitative estimate of drug-likeness (QED) is 0.360. The minimum absolute atomic E-state index is 0.389. The van der Waals surface area contributed by atoms with Gasteiger partial charge in [0, 0.05) is 0 Å². The molecule has 0 N–H and O–H groups in total. The Morgan fingerprint density at radius 1 is 0.680 bits per heavy atom. The summed E-state index contributed by atoms with van der Waals surface area (Å²) in [5, 5.41) is 15.6. The van der Waals surface area contributed by atoms with E-state index in [4.69, 9.17) is 0 Å². The summed E-state index contributed by atoms with van der Waals surface area (Å²) in [6.45, 7) is 0. The van der Waals surface area contributed by atoms with Crippen molar-refractivity contribution in [2.24, 2.45) is 0 Å². The van der Waals surface area contributed by atoms with Crippen molar-refractivity contribution < 1.29 is 4.92 Å². The van der Waals surface area contributed by atoms with Gasteiger partial charge in [0.15, 0.2) is 0 Å². The number of fused-ring (bicyclic) bond motifs is 2. The van der Waals surface area contributed by atoms with Gasteiger partial charge in [0.25, 0.3) is 0 Å². The summed E-state index contributed by atoms with van der Waals surface area (Å²) in [5.74, 6) is 0. The van der Waals surface area contributed by atoms with Crippen molar-refractivity contribution in [3.63, 3.8) is 0 Å². The number of hydrogen-bond acceptors (Lipinski definition) is 2. The van der Waals surface area contributed by atoms with Crippen LogP contribution in [0.2, 0.25) is 0 Å². The normalized spacial score (nSPS) is 10.7. The zero-order valence-electron chi connectivity index (χ0n) is 13.4. The summed E-state index contributed by atoms with van der Waals surface area (Å²) < 4.78 is 0. The minimum atomic E-state index is -0.389. The van der Waals surface area contributed by atoms with Crippen molar-refractivity contribution in [1.29, 1.82) is 0 Å². The van der Waals surface area contributed by atoms with E-state index in [9.17, 15) is 10.1 Å². The molecule has 3 nitrogen and oxygen atoms in total. The SMILES string of the molecule is O=[N+]([O-])C=C(c1ccc2ccccc2c1)c1ccc2ccccc2c1. The van der Waals surface area contributed by atoms with E-state index >= 15 is 0 Å². The standard InChI is InChI=1S/C22H15NO2/c24-23(25)15-22(20-11-9-16-5-1-3-7-18(16)13-20)21-12-10-17-6-2-4-8-19(17)14-21/h1-15H. The van der Waals surface area contributed by atoms with Gasteiger partial charge in [-0.05, 0) is 44.8 Å². The maximum absolute atomic E-state index is 11.2. The van der Waals surface area contributed by atoms with Gasteiger partial charge in [0.1, 0.15) is 0 Å². The van der Waals surface area contributed by atoms with Crippen molar-refractivity contribution in [3.8, 4) is 0 Å². The van der Waals surface area contributed by atoms with Gasteiger partial charge in [0.2, 0.25) is 6.20 Å². The lowest BCUT2D eigenvalue weighted by molar-refractivity contribution is -0.401. The molecular formula is C22H15NO2. The molecule has 0 saturated carbocycles. The molecule has 4 aromatic carbocycles. The molecule has 0 aliphatic carbocycles. The minimum Gasteiger partial charge on any atom is -0.259 e. The molecule has 0 heterocycles. The Balaban J connectivity index is 1.90. The molecule has 25 heavy (non-hydrogen) atoms. The van der Waals surface area contributed by atoms with Crippen LogP contribution in [0.1, 0.15) is 11.1 Å². The Labute approximate surface area is 145 Å². The van der Waals surface area contributed by atoms with Crippen LogP contribution in [0.4, 0.5) is 0 Å². The average molecular weight is 325 g/mol. The highest BCUT2D eigenvalue weighted by molar-refractivity contribution is 5.92. The zero-order valence-corrected chi connectivity index (χ0v) is 13.4. The largest absolute Gasteiger partial charge is 0.259 e. The fraction of sp³-hybridized carbons (Fsp3) is 0. The third-order valence-electron chi connectivity index (χ3n) is 4.36. The van der Waals surface area contributed by atoms with E-state index in [-0.39, 0.29) is 4.92 Å². The molecule has 0 bridgehead atoms. The Hall–Kier alpha value is -3.46. The number of rotatable bonds is 3. The van der Waals surface area contributed by atoms with Crippen molar-refractivity contribution >= 4 is 27.1 Å². The van der Waals surface area contributed by atoms with Crippen LogP contribution in [0.25, 0.3) is 27.1 Å². The van der Waals surface area contributed by atoms with Gasteiger partial charge in [-0.1, -0.05) is 72.8 Å². The summed E-state index contributed by atoms with van der Waals surface area (Å²) in [5.41, 5.74) is 2.29. The van der Waals surface area contributed by atoms with E-state index in [0.717, 1.165) is 38.9 Å². The summed E-state index contributed by atoms with van der Waals surface area (Å²) >= 11 is 0. The molecule has 0 aromatic heterocycles. The van der Waals surface area contributed by atoms with Crippen LogP contribution in [-0.2, 0) is 0 Å². The van der Waals surface area contributed by atoms with Crippen molar-refractivity contribution in [3.05, 3.63) is 112 Å². The van der Waals surface area contributed by atoms with Crippen molar-refractivity contribution in [1.82, 2.24) is 0 Å². The second kappa shape index (κ2) is 6.21. The van der Waals surface area contributed by atoms with Gasteiger partial charge >= 0.3 is 0 Å². The fourth-order valence-electron chi connectivity index (χ4n) is 3.13. The topological polar surface area (TPSA) is 43.1 Å². The first-order chi connectivity index (χ1) is 12.2. The maximum Gasteiger partial charge on any atom is 0.242 e. The molecule has 3 heteroatoms. The van der Waals surface area contributed by atoms with Crippen LogP contribution < -0.4 is 0 Å². The third kappa shape index (κ3) is 3.00. The molecule has 0 radical (unpaired) electrons. The predicted octanol–water partition coefficient (Wildman–Crippen LogP) is 5.66. The van der Waals surface area contributed by atoms with Crippen LogP contribution in [-0.4, -0.2) is 4.92 Å². The first-order valence-electron chi connectivity index (χ1n) is 8.04. The van der Waals surface area contributed by atoms with Crippen LogP contribution in [0.5, 0.6) is 0 Å². The Bertz CT molecular complexity index is 1050. The fourth-order valence-corrected chi connectivity index (χ4v) is 3.13. The highest BCUT2D eigenvalue weighted by atomic mass is 16.6. The number of benzene rings is 4. The number of hydrogen-bond donors (Lipinski definition) is 0. The van der Waals surface area contributed by atoms with Crippen LogP contribution in [0.3, 0.4) is 0 Å². The third-order valence-corrected chi connectivity index (χ3v) is 4.36. The van der Waals surface area contributed by atoms with Gasteiger partial charge in [-0.25, -0.2) is 0 Å². The number of nitro groups is 1. The molecule has 0 saturated heterocycles. The molecule has 0 unspecified atom stereocenters. The van der Waals surface area contributed by atoms with Crippen LogP contribution in [0, 0.1) is 10.1 Å². The first kappa shape index (κ1) is 15.1. The summed E-state index contributed by atoms with van der Waals surface area (Å²) in [6, 6.07) is 27.9.